The van der Waals surface area contributed by atoms with Crippen molar-refractivity contribution < 1.29 is 22.7 Å². The molecular formula is C18H21F3N4O2S. The van der Waals surface area contributed by atoms with Crippen molar-refractivity contribution in [2.45, 2.75) is 19.1 Å². The minimum absolute atomic E-state index is 0.0775. The molecule has 0 aliphatic carbocycles. The van der Waals surface area contributed by atoms with Crippen molar-refractivity contribution in [2.24, 2.45) is 0 Å². The van der Waals surface area contributed by atoms with Crippen molar-refractivity contribution in [3.8, 4) is 0 Å². The third-order valence-electron chi connectivity index (χ3n) is 4.20. The molecule has 1 aliphatic rings. The number of hydrogen-bond donors (Lipinski definition) is 2. The molecule has 28 heavy (non-hydrogen) atoms. The molecular weight excluding hydrogens is 393 g/mol. The Morgan fingerprint density at radius 1 is 1.29 bits per heavy atom. The van der Waals surface area contributed by atoms with Gasteiger partial charge in [0, 0.05) is 38.3 Å². The predicted molar refractivity (Wildman–Crippen MR) is 101 cm³/mol. The molecule has 6 nitrogen and oxygen atoms in total. The van der Waals surface area contributed by atoms with Crippen LogP contribution in [0.25, 0.3) is 0 Å². The standard InChI is InChI=1S/C18H21F3N4O2S/c19-18(20,21)15-12-23-17(28-15)22-11-13-2-1-3-14(10-13)24-16(26)4-5-25-6-8-27-9-7-25/h1-3,10,12H,4-9,11H2,(H,22,23)(H,24,26). The van der Waals surface area contributed by atoms with E-state index in [0.717, 1.165) is 24.8 Å². The first-order valence-corrected chi connectivity index (χ1v) is 9.67. The number of ether oxygens (including phenoxy) is 1. The smallest absolute Gasteiger partial charge is 0.379 e. The number of nitrogens with one attached hydrogen (secondary N) is 2. The van der Waals surface area contributed by atoms with E-state index in [0.29, 0.717) is 49.7 Å². The van der Waals surface area contributed by atoms with Crippen molar-refractivity contribution in [1.29, 1.82) is 0 Å². The van der Waals surface area contributed by atoms with Crippen LogP contribution in [0.3, 0.4) is 0 Å². The zero-order chi connectivity index (χ0) is 20.0. The number of benzene rings is 1. The number of rotatable bonds is 7. The lowest BCUT2D eigenvalue weighted by atomic mass is 10.2. The molecule has 2 N–H and O–H groups in total. The average Bonchev–Trinajstić information content (AvgIpc) is 3.16. The van der Waals surface area contributed by atoms with E-state index in [1.54, 1.807) is 18.2 Å². The number of aromatic nitrogens is 1. The fourth-order valence-corrected chi connectivity index (χ4v) is 3.41. The number of morpholine rings is 1. The van der Waals surface area contributed by atoms with Gasteiger partial charge in [-0.15, -0.1) is 0 Å². The second-order valence-corrected chi connectivity index (χ2v) is 7.36. The van der Waals surface area contributed by atoms with Gasteiger partial charge in [-0.1, -0.05) is 23.5 Å². The van der Waals surface area contributed by atoms with Gasteiger partial charge in [0.25, 0.3) is 0 Å². The summed E-state index contributed by atoms with van der Waals surface area (Å²) in [4.78, 5) is 17.3. The van der Waals surface area contributed by atoms with E-state index >= 15 is 0 Å². The molecule has 0 radical (unpaired) electrons. The summed E-state index contributed by atoms with van der Waals surface area (Å²) in [5, 5.41) is 5.94. The molecule has 0 unspecified atom stereocenters. The summed E-state index contributed by atoms with van der Waals surface area (Å²) in [5.74, 6) is -0.0775. The van der Waals surface area contributed by atoms with Gasteiger partial charge in [-0.2, -0.15) is 13.2 Å². The minimum Gasteiger partial charge on any atom is -0.379 e. The van der Waals surface area contributed by atoms with E-state index in [4.69, 9.17) is 4.74 Å². The van der Waals surface area contributed by atoms with Gasteiger partial charge in [0.2, 0.25) is 5.91 Å². The Hall–Kier alpha value is -2.17. The van der Waals surface area contributed by atoms with E-state index in [2.05, 4.69) is 20.5 Å². The van der Waals surface area contributed by atoms with Crippen LogP contribution in [-0.2, 0) is 22.3 Å². The SMILES string of the molecule is O=C(CCN1CCOCC1)Nc1cccc(CNc2ncc(C(F)(F)F)s2)c1. The molecule has 0 saturated carbocycles. The molecule has 1 saturated heterocycles. The molecule has 10 heteroatoms. The number of alkyl halides is 3. The molecule has 0 atom stereocenters. The monoisotopic (exact) mass is 414 g/mol. The average molecular weight is 414 g/mol. The maximum atomic E-state index is 12.6. The molecule has 1 aromatic heterocycles. The largest absolute Gasteiger partial charge is 0.427 e. The Balaban J connectivity index is 1.48. The molecule has 3 rings (SSSR count). The van der Waals surface area contributed by atoms with Crippen LogP contribution in [0.1, 0.15) is 16.9 Å². The second kappa shape index (κ2) is 9.35. The van der Waals surface area contributed by atoms with Crippen LogP contribution in [0.2, 0.25) is 0 Å². The maximum absolute atomic E-state index is 12.6. The van der Waals surface area contributed by atoms with Crippen LogP contribution in [-0.4, -0.2) is 48.6 Å². The van der Waals surface area contributed by atoms with Crippen molar-refractivity contribution in [1.82, 2.24) is 9.88 Å². The lowest BCUT2D eigenvalue weighted by Crippen LogP contribution is -2.38. The molecule has 2 aromatic rings. The number of thiazole rings is 1. The third kappa shape index (κ3) is 6.18. The molecule has 2 heterocycles. The maximum Gasteiger partial charge on any atom is 0.427 e. The van der Waals surface area contributed by atoms with Gasteiger partial charge in [-0.05, 0) is 17.7 Å². The Kier molecular flexibility index (Phi) is 6.87. The van der Waals surface area contributed by atoms with E-state index in [1.165, 1.54) is 0 Å². The molecule has 1 amide bonds. The highest BCUT2D eigenvalue weighted by Gasteiger charge is 2.33. The highest BCUT2D eigenvalue weighted by Crippen LogP contribution is 2.35. The summed E-state index contributed by atoms with van der Waals surface area (Å²) >= 11 is 0.563. The third-order valence-corrected chi connectivity index (χ3v) is 5.20. The number of hydrogen-bond acceptors (Lipinski definition) is 6. The van der Waals surface area contributed by atoms with Gasteiger partial charge >= 0.3 is 6.18 Å². The highest BCUT2D eigenvalue weighted by molar-refractivity contribution is 7.15. The lowest BCUT2D eigenvalue weighted by Gasteiger charge is -2.26. The van der Waals surface area contributed by atoms with Crippen LogP contribution in [0.15, 0.2) is 30.5 Å². The van der Waals surface area contributed by atoms with E-state index in [9.17, 15) is 18.0 Å². The fraction of sp³-hybridized carbons (Fsp3) is 0.444. The second-order valence-electron chi connectivity index (χ2n) is 6.33. The van der Waals surface area contributed by atoms with Gasteiger partial charge < -0.3 is 15.4 Å². The minimum atomic E-state index is -4.39. The first-order chi connectivity index (χ1) is 13.4. The highest BCUT2D eigenvalue weighted by atomic mass is 32.1. The summed E-state index contributed by atoms with van der Waals surface area (Å²) in [7, 11) is 0. The van der Waals surface area contributed by atoms with Crippen molar-refractivity contribution in [3.63, 3.8) is 0 Å². The molecule has 0 bridgehead atoms. The van der Waals surface area contributed by atoms with Gasteiger partial charge in [0.05, 0.1) is 19.4 Å². The number of amides is 1. The number of nitrogens with zero attached hydrogens (tertiary/aromatic N) is 2. The Labute approximate surface area is 164 Å². The van der Waals surface area contributed by atoms with E-state index < -0.39 is 11.1 Å². The first kappa shape index (κ1) is 20.6. The molecule has 1 aliphatic heterocycles. The summed E-state index contributed by atoms with van der Waals surface area (Å²) < 4.78 is 43.1. The van der Waals surface area contributed by atoms with Crippen molar-refractivity contribution in [3.05, 3.63) is 40.9 Å². The lowest BCUT2D eigenvalue weighted by molar-refractivity contribution is -0.134. The molecule has 0 spiro atoms. The summed E-state index contributed by atoms with van der Waals surface area (Å²) in [6.45, 7) is 4.05. The fourth-order valence-electron chi connectivity index (χ4n) is 2.73. The summed E-state index contributed by atoms with van der Waals surface area (Å²) in [6.07, 6.45) is -3.18. The van der Waals surface area contributed by atoms with Gasteiger partial charge in [0.1, 0.15) is 4.88 Å². The predicted octanol–water partition coefficient (Wildman–Crippen LogP) is 3.43. The van der Waals surface area contributed by atoms with Crippen LogP contribution < -0.4 is 10.6 Å². The molecule has 1 fully saturated rings. The van der Waals surface area contributed by atoms with Crippen molar-refractivity contribution >= 4 is 28.1 Å². The Morgan fingerprint density at radius 3 is 2.79 bits per heavy atom. The summed E-state index contributed by atoms with van der Waals surface area (Å²) in [6, 6.07) is 7.19. The van der Waals surface area contributed by atoms with Gasteiger partial charge in [0.15, 0.2) is 5.13 Å². The zero-order valence-electron chi connectivity index (χ0n) is 15.1. The van der Waals surface area contributed by atoms with E-state index in [1.807, 2.05) is 6.07 Å². The van der Waals surface area contributed by atoms with Crippen LogP contribution >= 0.6 is 11.3 Å². The van der Waals surface area contributed by atoms with Crippen molar-refractivity contribution in [2.75, 3.05) is 43.5 Å². The van der Waals surface area contributed by atoms with Crippen LogP contribution in [0.5, 0.6) is 0 Å². The Morgan fingerprint density at radius 2 is 2.07 bits per heavy atom. The van der Waals surface area contributed by atoms with Crippen LogP contribution in [0, 0.1) is 0 Å². The van der Waals surface area contributed by atoms with Gasteiger partial charge in [-0.3, -0.25) is 9.69 Å². The molecule has 152 valence electrons. The number of anilines is 2. The first-order valence-electron chi connectivity index (χ1n) is 8.86. The topological polar surface area (TPSA) is 66.5 Å². The summed E-state index contributed by atoms with van der Waals surface area (Å²) in [5.41, 5.74) is 1.48. The quantitative estimate of drug-likeness (QED) is 0.727. The number of carbonyl (C=O) groups is 1. The zero-order valence-corrected chi connectivity index (χ0v) is 15.9. The van der Waals surface area contributed by atoms with Gasteiger partial charge in [-0.25, -0.2) is 4.98 Å². The number of carbonyl (C=O) groups excluding carboxylic acids is 1. The van der Waals surface area contributed by atoms with Crippen LogP contribution in [0.4, 0.5) is 24.0 Å². The molecule has 1 aromatic carbocycles. The Bertz CT molecular complexity index is 791. The normalized spacial score (nSPS) is 15.4. The van der Waals surface area contributed by atoms with E-state index in [-0.39, 0.29) is 11.0 Å². The number of halogens is 3.